The van der Waals surface area contributed by atoms with Gasteiger partial charge in [0.1, 0.15) is 11.6 Å². The Morgan fingerprint density at radius 1 is 1.42 bits per heavy atom. The number of benzene rings is 1. The summed E-state index contributed by atoms with van der Waals surface area (Å²) in [5.74, 6) is 1.32. The minimum absolute atomic E-state index is 0.195. The Morgan fingerprint density at radius 3 is 3.00 bits per heavy atom. The Labute approximate surface area is 119 Å². The summed E-state index contributed by atoms with van der Waals surface area (Å²) in [7, 11) is 0. The lowest BCUT2D eigenvalue weighted by molar-refractivity contribution is 0.475. The SMILES string of the molecule is C=CCNc1ncc(Br)c(Nc2cccc(O)c2)n1. The van der Waals surface area contributed by atoms with Gasteiger partial charge in [0.15, 0.2) is 0 Å². The van der Waals surface area contributed by atoms with E-state index in [0.29, 0.717) is 18.3 Å². The zero-order chi connectivity index (χ0) is 13.7. The van der Waals surface area contributed by atoms with E-state index in [4.69, 9.17) is 0 Å². The maximum absolute atomic E-state index is 9.42. The minimum Gasteiger partial charge on any atom is -0.508 e. The van der Waals surface area contributed by atoms with Gasteiger partial charge in [-0.3, -0.25) is 0 Å². The quantitative estimate of drug-likeness (QED) is 0.737. The van der Waals surface area contributed by atoms with E-state index in [1.807, 2.05) is 6.07 Å². The molecule has 0 saturated carbocycles. The molecule has 0 aliphatic heterocycles. The van der Waals surface area contributed by atoms with E-state index < -0.39 is 0 Å². The Hall–Kier alpha value is -2.08. The Bertz CT molecular complexity index is 589. The summed E-state index contributed by atoms with van der Waals surface area (Å²) >= 11 is 3.38. The molecule has 2 rings (SSSR count). The molecule has 0 amide bonds. The number of phenolic OH excluding ortho intramolecular Hbond substituents is 1. The van der Waals surface area contributed by atoms with Crippen LogP contribution in [0.5, 0.6) is 5.75 Å². The number of hydrogen-bond acceptors (Lipinski definition) is 5. The van der Waals surface area contributed by atoms with E-state index in [1.54, 1.807) is 30.5 Å². The van der Waals surface area contributed by atoms with Crippen LogP contribution in [-0.2, 0) is 0 Å². The lowest BCUT2D eigenvalue weighted by Gasteiger charge is -2.09. The highest BCUT2D eigenvalue weighted by Crippen LogP contribution is 2.25. The number of rotatable bonds is 5. The lowest BCUT2D eigenvalue weighted by Crippen LogP contribution is -2.05. The fourth-order valence-corrected chi connectivity index (χ4v) is 1.71. The molecule has 3 N–H and O–H groups in total. The molecule has 2 aromatic rings. The van der Waals surface area contributed by atoms with Gasteiger partial charge in [-0.2, -0.15) is 4.98 Å². The zero-order valence-electron chi connectivity index (χ0n) is 10.1. The van der Waals surface area contributed by atoms with Crippen LogP contribution < -0.4 is 10.6 Å². The normalized spacial score (nSPS) is 9.95. The lowest BCUT2D eigenvalue weighted by atomic mass is 10.3. The monoisotopic (exact) mass is 320 g/mol. The summed E-state index contributed by atoms with van der Waals surface area (Å²) in [5, 5.41) is 15.5. The van der Waals surface area contributed by atoms with Crippen molar-refractivity contribution in [3.63, 3.8) is 0 Å². The van der Waals surface area contributed by atoms with E-state index in [9.17, 15) is 5.11 Å². The molecule has 5 nitrogen and oxygen atoms in total. The Kier molecular flexibility index (Phi) is 4.35. The predicted molar refractivity (Wildman–Crippen MR) is 79.8 cm³/mol. The van der Waals surface area contributed by atoms with Crippen LogP contribution in [0.15, 0.2) is 47.6 Å². The van der Waals surface area contributed by atoms with Crippen molar-refractivity contribution in [1.82, 2.24) is 9.97 Å². The first-order valence-corrected chi connectivity index (χ1v) is 6.41. The molecule has 98 valence electrons. The van der Waals surface area contributed by atoms with Crippen molar-refractivity contribution in [3.05, 3.63) is 47.6 Å². The topological polar surface area (TPSA) is 70.1 Å². The molecule has 0 fully saturated rings. The molecule has 0 aliphatic carbocycles. The molecule has 0 atom stereocenters. The van der Waals surface area contributed by atoms with Crippen LogP contribution >= 0.6 is 15.9 Å². The van der Waals surface area contributed by atoms with Crippen LogP contribution in [0.2, 0.25) is 0 Å². The van der Waals surface area contributed by atoms with Gasteiger partial charge in [-0.25, -0.2) is 4.98 Å². The van der Waals surface area contributed by atoms with Crippen LogP contribution in [0.1, 0.15) is 0 Å². The molecule has 0 bridgehead atoms. The second kappa shape index (κ2) is 6.19. The van der Waals surface area contributed by atoms with E-state index >= 15 is 0 Å². The molecular formula is C13H13BrN4O. The number of aromatic nitrogens is 2. The molecule has 0 saturated heterocycles. The van der Waals surface area contributed by atoms with Gasteiger partial charge in [0.05, 0.1) is 4.47 Å². The largest absolute Gasteiger partial charge is 0.508 e. The molecule has 1 aromatic heterocycles. The van der Waals surface area contributed by atoms with Crippen LogP contribution in [0.3, 0.4) is 0 Å². The van der Waals surface area contributed by atoms with Crippen molar-refractivity contribution in [1.29, 1.82) is 0 Å². The number of nitrogens with one attached hydrogen (secondary N) is 2. The van der Waals surface area contributed by atoms with Crippen molar-refractivity contribution in [2.45, 2.75) is 0 Å². The van der Waals surface area contributed by atoms with Gasteiger partial charge < -0.3 is 15.7 Å². The summed E-state index contributed by atoms with van der Waals surface area (Å²) in [4.78, 5) is 8.45. The summed E-state index contributed by atoms with van der Waals surface area (Å²) in [5.41, 5.74) is 0.745. The third-order valence-corrected chi connectivity index (χ3v) is 2.84. The molecule has 6 heteroatoms. The molecule has 1 heterocycles. The number of anilines is 3. The standard InChI is InChI=1S/C13H13BrN4O/c1-2-6-15-13-16-8-11(14)12(18-13)17-9-4-3-5-10(19)7-9/h2-5,7-8,19H,1,6H2,(H2,15,16,17,18). The third-order valence-electron chi connectivity index (χ3n) is 2.26. The van der Waals surface area contributed by atoms with Gasteiger partial charge >= 0.3 is 0 Å². The number of aromatic hydroxyl groups is 1. The van der Waals surface area contributed by atoms with E-state index in [0.717, 1.165) is 10.2 Å². The maximum Gasteiger partial charge on any atom is 0.224 e. The van der Waals surface area contributed by atoms with E-state index in [-0.39, 0.29) is 5.75 Å². The average molecular weight is 321 g/mol. The highest BCUT2D eigenvalue weighted by molar-refractivity contribution is 9.10. The summed E-state index contributed by atoms with van der Waals surface area (Å²) in [6.45, 7) is 4.21. The van der Waals surface area contributed by atoms with Gasteiger partial charge in [-0.1, -0.05) is 12.1 Å². The Balaban J connectivity index is 2.21. The van der Waals surface area contributed by atoms with E-state index in [1.165, 1.54) is 0 Å². The minimum atomic E-state index is 0.195. The second-order valence-corrected chi connectivity index (χ2v) is 4.59. The van der Waals surface area contributed by atoms with Crippen LogP contribution in [0.25, 0.3) is 0 Å². The summed E-state index contributed by atoms with van der Waals surface area (Å²) in [6.07, 6.45) is 3.39. The molecule has 0 unspecified atom stereocenters. The Morgan fingerprint density at radius 2 is 2.26 bits per heavy atom. The van der Waals surface area contributed by atoms with Crippen molar-refractivity contribution >= 4 is 33.4 Å². The van der Waals surface area contributed by atoms with Crippen LogP contribution in [0, 0.1) is 0 Å². The molecule has 0 radical (unpaired) electrons. The highest BCUT2D eigenvalue weighted by Gasteiger charge is 2.05. The fourth-order valence-electron chi connectivity index (χ4n) is 1.42. The second-order valence-electron chi connectivity index (χ2n) is 3.74. The fraction of sp³-hybridized carbons (Fsp3) is 0.0769. The molecule has 0 spiro atoms. The van der Waals surface area contributed by atoms with E-state index in [2.05, 4.69) is 43.1 Å². The maximum atomic E-state index is 9.42. The number of hydrogen-bond donors (Lipinski definition) is 3. The van der Waals surface area contributed by atoms with Crippen molar-refractivity contribution in [2.24, 2.45) is 0 Å². The predicted octanol–water partition coefficient (Wildman–Crippen LogP) is 3.29. The van der Waals surface area contributed by atoms with Crippen molar-refractivity contribution in [3.8, 4) is 5.75 Å². The van der Waals surface area contributed by atoms with Crippen LogP contribution in [0.4, 0.5) is 17.5 Å². The summed E-state index contributed by atoms with van der Waals surface area (Å²) in [6, 6.07) is 6.82. The van der Waals surface area contributed by atoms with Gasteiger partial charge in [0.2, 0.25) is 5.95 Å². The first kappa shape index (κ1) is 13.4. The summed E-state index contributed by atoms with van der Waals surface area (Å²) < 4.78 is 0.736. The molecule has 0 aliphatic rings. The van der Waals surface area contributed by atoms with Gasteiger partial charge in [0, 0.05) is 24.5 Å². The molecule has 19 heavy (non-hydrogen) atoms. The number of nitrogens with zero attached hydrogens (tertiary/aromatic N) is 2. The van der Waals surface area contributed by atoms with Gasteiger partial charge in [0.25, 0.3) is 0 Å². The highest BCUT2D eigenvalue weighted by atomic mass is 79.9. The first-order chi connectivity index (χ1) is 9.19. The van der Waals surface area contributed by atoms with Crippen molar-refractivity contribution in [2.75, 3.05) is 17.2 Å². The zero-order valence-corrected chi connectivity index (χ0v) is 11.7. The number of phenols is 1. The van der Waals surface area contributed by atoms with Gasteiger partial charge in [-0.05, 0) is 28.1 Å². The number of halogens is 1. The first-order valence-electron chi connectivity index (χ1n) is 5.62. The van der Waals surface area contributed by atoms with Crippen LogP contribution in [-0.4, -0.2) is 21.6 Å². The van der Waals surface area contributed by atoms with Gasteiger partial charge in [-0.15, -0.1) is 6.58 Å². The third kappa shape index (κ3) is 3.69. The van der Waals surface area contributed by atoms with Crippen molar-refractivity contribution < 1.29 is 5.11 Å². The smallest absolute Gasteiger partial charge is 0.224 e. The molecular weight excluding hydrogens is 308 g/mol. The average Bonchev–Trinajstić information content (AvgIpc) is 2.40. The molecule has 1 aromatic carbocycles.